The largest absolute Gasteiger partial charge is 0.384 e. The lowest BCUT2D eigenvalue weighted by Crippen LogP contribution is -2.27. The number of hydrogen-bond donors (Lipinski definition) is 3. The molecule has 0 spiro atoms. The monoisotopic (exact) mass is 221 g/mol. The predicted octanol–water partition coefficient (Wildman–Crippen LogP) is -1.10. The van der Waals surface area contributed by atoms with Crippen LogP contribution in [0.5, 0.6) is 0 Å². The molecule has 0 aromatic carbocycles. The number of anilines is 1. The van der Waals surface area contributed by atoms with Crippen LogP contribution in [-0.4, -0.2) is 30.9 Å². The average molecular weight is 221 g/mol. The summed E-state index contributed by atoms with van der Waals surface area (Å²) in [6.07, 6.45) is 4.43. The van der Waals surface area contributed by atoms with E-state index in [0.29, 0.717) is 12.4 Å². The molecule has 0 radical (unpaired) electrons. The van der Waals surface area contributed by atoms with Gasteiger partial charge in [-0.2, -0.15) is 10.2 Å². The average Bonchev–Trinajstić information content (AvgIpc) is 2.87. The number of H-pyrrole nitrogens is 1. The van der Waals surface area contributed by atoms with E-state index < -0.39 is 0 Å². The van der Waals surface area contributed by atoms with Gasteiger partial charge in [0.25, 0.3) is 0 Å². The van der Waals surface area contributed by atoms with Crippen molar-refractivity contribution in [2.75, 3.05) is 5.73 Å². The van der Waals surface area contributed by atoms with Crippen LogP contribution >= 0.6 is 0 Å². The van der Waals surface area contributed by atoms with E-state index in [0.717, 1.165) is 5.56 Å². The Morgan fingerprint density at radius 3 is 3.12 bits per heavy atom. The first-order valence-electron chi connectivity index (χ1n) is 4.62. The molecule has 2 aromatic heterocycles. The molecule has 2 aromatic rings. The number of nitrogens with zero attached hydrogens (tertiary/aromatic N) is 4. The Morgan fingerprint density at radius 1 is 1.62 bits per heavy atom. The van der Waals surface area contributed by atoms with Gasteiger partial charge in [-0.15, -0.1) is 0 Å². The van der Waals surface area contributed by atoms with Gasteiger partial charge in [0, 0.05) is 12.1 Å². The maximum atomic E-state index is 11.4. The van der Waals surface area contributed by atoms with Crippen LogP contribution in [0.3, 0.4) is 0 Å². The van der Waals surface area contributed by atoms with E-state index in [1.54, 1.807) is 6.20 Å². The lowest BCUT2D eigenvalue weighted by molar-refractivity contribution is -0.122. The summed E-state index contributed by atoms with van der Waals surface area (Å²) in [5.41, 5.74) is 6.32. The summed E-state index contributed by atoms with van der Waals surface area (Å²) in [6.45, 7) is 0.480. The Hall–Kier alpha value is -2.38. The lowest BCUT2D eigenvalue weighted by Gasteiger charge is -2.03. The van der Waals surface area contributed by atoms with Gasteiger partial charge in [0.05, 0.1) is 6.20 Å². The number of carbonyl (C=O) groups is 1. The van der Waals surface area contributed by atoms with Crippen LogP contribution in [-0.2, 0) is 17.9 Å². The fourth-order valence-corrected chi connectivity index (χ4v) is 1.17. The van der Waals surface area contributed by atoms with E-state index in [2.05, 4.69) is 25.6 Å². The number of aromatic amines is 1. The molecule has 0 aliphatic carbocycles. The van der Waals surface area contributed by atoms with Gasteiger partial charge in [-0.3, -0.25) is 9.89 Å². The summed E-state index contributed by atoms with van der Waals surface area (Å²) in [7, 11) is 0. The predicted molar refractivity (Wildman–Crippen MR) is 54.9 cm³/mol. The maximum Gasteiger partial charge on any atom is 0.242 e. The van der Waals surface area contributed by atoms with Crippen LogP contribution in [0.1, 0.15) is 5.56 Å². The fourth-order valence-electron chi connectivity index (χ4n) is 1.17. The molecule has 8 nitrogen and oxygen atoms in total. The van der Waals surface area contributed by atoms with Gasteiger partial charge in [0.1, 0.15) is 25.0 Å². The quantitative estimate of drug-likeness (QED) is 0.606. The molecule has 0 saturated heterocycles. The first kappa shape index (κ1) is 10.1. The molecule has 0 saturated carbocycles. The Bertz CT molecular complexity index is 460. The van der Waals surface area contributed by atoms with Gasteiger partial charge in [-0.05, 0) is 0 Å². The summed E-state index contributed by atoms with van der Waals surface area (Å²) in [4.78, 5) is 15.2. The van der Waals surface area contributed by atoms with E-state index in [1.165, 1.54) is 17.3 Å². The molecule has 8 heteroatoms. The summed E-state index contributed by atoms with van der Waals surface area (Å²) in [6, 6.07) is 0. The number of aromatic nitrogens is 5. The molecular formula is C8H11N7O. The minimum atomic E-state index is -0.161. The molecule has 0 unspecified atom stereocenters. The topological polar surface area (TPSA) is 115 Å². The normalized spacial score (nSPS) is 10.2. The van der Waals surface area contributed by atoms with Crippen molar-refractivity contribution in [1.29, 1.82) is 0 Å². The second kappa shape index (κ2) is 4.43. The van der Waals surface area contributed by atoms with Gasteiger partial charge in [0.2, 0.25) is 5.91 Å². The second-order valence-electron chi connectivity index (χ2n) is 3.18. The minimum absolute atomic E-state index is 0.137. The Balaban J connectivity index is 1.82. The standard InChI is InChI=1S/C8H11N7O/c9-8-6(2-12-14-8)1-11-7(16)3-15-5-10-4-13-15/h2,4-5H,1,3H2,(H,11,16)(H3,9,12,14). The number of nitrogens with one attached hydrogen (secondary N) is 2. The van der Waals surface area contributed by atoms with Gasteiger partial charge in [-0.1, -0.05) is 0 Å². The van der Waals surface area contributed by atoms with Gasteiger partial charge in [0.15, 0.2) is 0 Å². The summed E-state index contributed by atoms with van der Waals surface area (Å²) >= 11 is 0. The molecular weight excluding hydrogens is 210 g/mol. The number of nitrogen functional groups attached to an aromatic ring is 1. The SMILES string of the molecule is Nc1[nH]ncc1CNC(=O)Cn1cncn1. The van der Waals surface area contributed by atoms with Crippen molar-refractivity contribution < 1.29 is 4.79 Å². The minimum Gasteiger partial charge on any atom is -0.384 e. The second-order valence-corrected chi connectivity index (χ2v) is 3.18. The molecule has 4 N–H and O–H groups in total. The van der Waals surface area contributed by atoms with Crippen molar-refractivity contribution in [3.05, 3.63) is 24.4 Å². The third-order valence-electron chi connectivity index (χ3n) is 2.00. The van der Waals surface area contributed by atoms with Gasteiger partial charge in [-0.25, -0.2) is 9.67 Å². The molecule has 0 atom stereocenters. The van der Waals surface area contributed by atoms with E-state index in [9.17, 15) is 4.79 Å². The van der Waals surface area contributed by atoms with Gasteiger partial charge >= 0.3 is 0 Å². The number of nitrogens with two attached hydrogens (primary N) is 1. The van der Waals surface area contributed by atoms with E-state index >= 15 is 0 Å². The molecule has 1 amide bonds. The highest BCUT2D eigenvalue weighted by Gasteiger charge is 2.05. The maximum absolute atomic E-state index is 11.4. The summed E-state index contributed by atoms with van der Waals surface area (Å²) in [5, 5.41) is 12.9. The van der Waals surface area contributed by atoms with Crippen molar-refractivity contribution in [2.45, 2.75) is 13.1 Å². The first-order chi connectivity index (χ1) is 7.75. The smallest absolute Gasteiger partial charge is 0.242 e. The van der Waals surface area contributed by atoms with Crippen molar-refractivity contribution in [3.8, 4) is 0 Å². The van der Waals surface area contributed by atoms with Crippen molar-refractivity contribution in [3.63, 3.8) is 0 Å². The molecule has 16 heavy (non-hydrogen) atoms. The van der Waals surface area contributed by atoms with Crippen LogP contribution in [0.4, 0.5) is 5.82 Å². The van der Waals surface area contributed by atoms with Crippen molar-refractivity contribution in [1.82, 2.24) is 30.3 Å². The van der Waals surface area contributed by atoms with Crippen LogP contribution in [0.15, 0.2) is 18.9 Å². The third-order valence-corrected chi connectivity index (χ3v) is 2.00. The van der Waals surface area contributed by atoms with Crippen molar-refractivity contribution >= 4 is 11.7 Å². The summed E-state index contributed by atoms with van der Waals surface area (Å²) < 4.78 is 1.44. The van der Waals surface area contributed by atoms with E-state index in [-0.39, 0.29) is 12.5 Å². The zero-order valence-corrected chi connectivity index (χ0v) is 8.42. The molecule has 84 valence electrons. The van der Waals surface area contributed by atoms with E-state index in [4.69, 9.17) is 5.73 Å². The molecule has 0 aliphatic rings. The highest BCUT2D eigenvalue weighted by Crippen LogP contribution is 2.04. The third kappa shape index (κ3) is 2.35. The van der Waals surface area contributed by atoms with Crippen LogP contribution in [0.2, 0.25) is 0 Å². The molecule has 2 rings (SSSR count). The Morgan fingerprint density at radius 2 is 2.50 bits per heavy atom. The van der Waals surface area contributed by atoms with Crippen LogP contribution < -0.4 is 11.1 Å². The molecule has 2 heterocycles. The first-order valence-corrected chi connectivity index (χ1v) is 4.62. The van der Waals surface area contributed by atoms with Gasteiger partial charge < -0.3 is 11.1 Å². The highest BCUT2D eigenvalue weighted by molar-refractivity contribution is 5.75. The van der Waals surface area contributed by atoms with Crippen molar-refractivity contribution in [2.24, 2.45) is 0 Å². The fraction of sp³-hybridized carbons (Fsp3) is 0.250. The molecule has 0 aliphatic heterocycles. The lowest BCUT2D eigenvalue weighted by atomic mass is 10.3. The zero-order chi connectivity index (χ0) is 11.4. The Kier molecular flexibility index (Phi) is 2.81. The number of hydrogen-bond acceptors (Lipinski definition) is 5. The van der Waals surface area contributed by atoms with Crippen LogP contribution in [0.25, 0.3) is 0 Å². The molecule has 0 bridgehead atoms. The zero-order valence-electron chi connectivity index (χ0n) is 8.42. The number of rotatable bonds is 4. The van der Waals surface area contributed by atoms with E-state index in [1.807, 2.05) is 0 Å². The van der Waals surface area contributed by atoms with Crippen LogP contribution in [0, 0.1) is 0 Å². The molecule has 0 fully saturated rings. The Labute approximate surface area is 90.9 Å². The summed E-state index contributed by atoms with van der Waals surface area (Å²) in [5.74, 6) is 0.298. The number of carbonyl (C=O) groups excluding carboxylic acids is 1. The highest BCUT2D eigenvalue weighted by atomic mass is 16.2. The number of amides is 1.